The van der Waals surface area contributed by atoms with E-state index in [4.69, 9.17) is 4.42 Å². The number of H-pyrrole nitrogens is 1. The second kappa shape index (κ2) is 12.0. The number of fused-ring (bicyclic) bond motifs is 1. The van der Waals surface area contributed by atoms with E-state index in [1.165, 1.54) is 5.56 Å². The number of carboxylic acids is 1. The number of benzene rings is 3. The molecule has 3 heterocycles. The number of anilines is 2. The molecule has 9 nitrogen and oxygen atoms in total. The van der Waals surface area contributed by atoms with Gasteiger partial charge < -0.3 is 23.6 Å². The van der Waals surface area contributed by atoms with Gasteiger partial charge in [0.1, 0.15) is 11.3 Å². The quantitative estimate of drug-likeness (QED) is 0.208. The Balaban J connectivity index is 1.27. The van der Waals surface area contributed by atoms with Crippen LogP contribution in [0.1, 0.15) is 32.2 Å². The van der Waals surface area contributed by atoms with Gasteiger partial charge in [-0.25, -0.2) is 4.79 Å². The van der Waals surface area contributed by atoms with Crippen LogP contribution in [0.15, 0.2) is 94.4 Å². The van der Waals surface area contributed by atoms with E-state index in [1.807, 2.05) is 29.2 Å². The number of carbonyl (C=O) groups excluding carboxylic acids is 1. The lowest BCUT2D eigenvalue weighted by Crippen LogP contribution is -2.49. The summed E-state index contributed by atoms with van der Waals surface area (Å²) in [6, 6.07) is 26.3. The third kappa shape index (κ3) is 5.71. The normalized spacial score (nSPS) is 13.5. The maximum absolute atomic E-state index is 12.8. The molecule has 0 aliphatic carbocycles. The predicted molar refractivity (Wildman–Crippen MR) is 164 cm³/mol. The Morgan fingerprint density at radius 3 is 2.50 bits per heavy atom. The van der Waals surface area contributed by atoms with E-state index in [1.54, 1.807) is 31.1 Å². The van der Waals surface area contributed by atoms with Crippen LogP contribution in [0.5, 0.6) is 0 Å². The number of piperazine rings is 1. The molecule has 1 aliphatic rings. The number of hydrogen-bond acceptors (Lipinski definition) is 7. The van der Waals surface area contributed by atoms with Crippen LogP contribution in [-0.4, -0.2) is 64.8 Å². The summed E-state index contributed by atoms with van der Waals surface area (Å²) in [5, 5.41) is 17.0. The molecule has 2 aromatic heterocycles. The molecule has 5 aromatic rings. The van der Waals surface area contributed by atoms with Crippen molar-refractivity contribution in [2.75, 3.05) is 41.9 Å². The molecule has 0 saturated carbocycles. The Hall–Kier alpha value is -4.70. The first-order chi connectivity index (χ1) is 20.5. The molecule has 0 radical (unpaired) electrons. The molecular formula is C32H31N5O4S. The molecule has 1 saturated heterocycles. The van der Waals surface area contributed by atoms with Crippen molar-refractivity contribution in [2.24, 2.45) is 0 Å². The first-order valence-electron chi connectivity index (χ1n) is 13.9. The average Bonchev–Trinajstić information content (AvgIpc) is 3.68. The summed E-state index contributed by atoms with van der Waals surface area (Å²) in [6.45, 7) is 5.20. The third-order valence-corrected chi connectivity index (χ3v) is 8.62. The second-order valence-corrected chi connectivity index (χ2v) is 11.3. The molecule has 1 fully saturated rings. The summed E-state index contributed by atoms with van der Waals surface area (Å²) in [4.78, 5) is 29.7. The predicted octanol–water partition coefficient (Wildman–Crippen LogP) is 5.88. The fourth-order valence-corrected chi connectivity index (χ4v) is 6.31. The zero-order chi connectivity index (χ0) is 29.1. The number of aryl methyl sites for hydroxylation is 1. The van der Waals surface area contributed by atoms with Crippen molar-refractivity contribution < 1.29 is 19.1 Å². The number of amides is 1. The maximum Gasteiger partial charge on any atom is 0.372 e. The van der Waals surface area contributed by atoms with Crippen LogP contribution in [0.3, 0.4) is 0 Å². The smallest absolute Gasteiger partial charge is 0.372 e. The van der Waals surface area contributed by atoms with Gasteiger partial charge in [-0.2, -0.15) is 5.10 Å². The number of aromatic carboxylic acids is 1. The number of nitrogens with one attached hydrogen (secondary N) is 1. The molecule has 3 aromatic carbocycles. The number of carbonyl (C=O) groups is 2. The number of para-hydroxylation sites is 2. The van der Waals surface area contributed by atoms with Gasteiger partial charge in [0.15, 0.2) is 0 Å². The molecular weight excluding hydrogens is 550 g/mol. The number of rotatable bonds is 9. The highest BCUT2D eigenvalue weighted by Gasteiger charge is 2.26. The molecule has 0 unspecified atom stereocenters. The standard InChI is InChI=1S/C32H31N5O4S/c1-22-25-21-24(11-12-29(25)41-30(22)32(39)40)42-37(16-14-23-7-3-2-4-8-23)28-10-6-5-9-27(28)35-17-19-36(20-18-35)31(38)26-13-15-33-34-26/h2-13,15,21H,14,16-20H2,1H3,(H,33,34)(H,39,40). The van der Waals surface area contributed by atoms with Gasteiger partial charge in [-0.1, -0.05) is 42.5 Å². The van der Waals surface area contributed by atoms with Crippen LogP contribution in [0.25, 0.3) is 11.0 Å². The van der Waals surface area contributed by atoms with E-state index < -0.39 is 5.97 Å². The average molecular weight is 582 g/mol. The fourth-order valence-electron chi connectivity index (χ4n) is 5.32. The van der Waals surface area contributed by atoms with Crippen molar-refractivity contribution >= 4 is 46.2 Å². The molecule has 0 bridgehead atoms. The van der Waals surface area contributed by atoms with Crippen molar-refractivity contribution in [3.8, 4) is 0 Å². The Kier molecular flexibility index (Phi) is 7.87. The highest BCUT2D eigenvalue weighted by Crippen LogP contribution is 2.38. The van der Waals surface area contributed by atoms with Gasteiger partial charge in [-0.05, 0) is 67.3 Å². The Morgan fingerprint density at radius 1 is 1.00 bits per heavy atom. The summed E-state index contributed by atoms with van der Waals surface area (Å²) in [6.07, 6.45) is 2.45. The molecule has 1 amide bonds. The SMILES string of the molecule is Cc1c(C(=O)O)oc2ccc(SN(CCc3ccccc3)c3ccccc3N3CCN(C(=O)c4ccn[nH]4)CC3)cc12. The van der Waals surface area contributed by atoms with Crippen LogP contribution in [0, 0.1) is 6.92 Å². The van der Waals surface area contributed by atoms with E-state index in [-0.39, 0.29) is 11.7 Å². The molecule has 0 atom stereocenters. The zero-order valence-corrected chi connectivity index (χ0v) is 24.0. The molecule has 2 N–H and O–H groups in total. The minimum Gasteiger partial charge on any atom is -0.475 e. The van der Waals surface area contributed by atoms with Crippen molar-refractivity contribution in [3.05, 3.63) is 108 Å². The largest absolute Gasteiger partial charge is 0.475 e. The van der Waals surface area contributed by atoms with Crippen LogP contribution < -0.4 is 9.21 Å². The lowest BCUT2D eigenvalue weighted by Gasteiger charge is -2.38. The molecule has 214 valence electrons. The summed E-state index contributed by atoms with van der Waals surface area (Å²) < 4.78 is 7.90. The number of aromatic nitrogens is 2. The van der Waals surface area contributed by atoms with Crippen molar-refractivity contribution in [1.29, 1.82) is 0 Å². The van der Waals surface area contributed by atoms with Crippen LogP contribution in [0.2, 0.25) is 0 Å². The van der Waals surface area contributed by atoms with Gasteiger partial charge in [-0.3, -0.25) is 9.89 Å². The lowest BCUT2D eigenvalue weighted by molar-refractivity contribution is 0.0663. The third-order valence-electron chi connectivity index (χ3n) is 7.55. The van der Waals surface area contributed by atoms with Crippen molar-refractivity contribution in [3.63, 3.8) is 0 Å². The van der Waals surface area contributed by atoms with E-state index in [0.717, 1.165) is 34.6 Å². The highest BCUT2D eigenvalue weighted by molar-refractivity contribution is 8.00. The van der Waals surface area contributed by atoms with Crippen molar-refractivity contribution in [2.45, 2.75) is 18.2 Å². The number of hydrogen-bond donors (Lipinski definition) is 2. The Labute approximate surface area is 247 Å². The first kappa shape index (κ1) is 27.5. The van der Waals surface area contributed by atoms with Crippen LogP contribution in [0.4, 0.5) is 11.4 Å². The molecule has 1 aliphatic heterocycles. The van der Waals surface area contributed by atoms with Gasteiger partial charge in [-0.15, -0.1) is 0 Å². The van der Waals surface area contributed by atoms with Crippen LogP contribution >= 0.6 is 11.9 Å². The summed E-state index contributed by atoms with van der Waals surface area (Å²) in [5.74, 6) is -1.12. The van der Waals surface area contributed by atoms with Crippen LogP contribution in [-0.2, 0) is 6.42 Å². The van der Waals surface area contributed by atoms with E-state index >= 15 is 0 Å². The van der Waals surface area contributed by atoms with Gasteiger partial charge in [0.25, 0.3) is 5.91 Å². The molecule has 10 heteroatoms. The van der Waals surface area contributed by atoms with E-state index in [9.17, 15) is 14.7 Å². The first-order valence-corrected chi connectivity index (χ1v) is 14.6. The summed E-state index contributed by atoms with van der Waals surface area (Å²) in [5.41, 5.74) is 5.14. The second-order valence-electron chi connectivity index (χ2n) is 10.2. The number of nitrogens with zero attached hydrogens (tertiary/aromatic N) is 4. The molecule has 0 spiro atoms. The zero-order valence-electron chi connectivity index (χ0n) is 23.2. The Morgan fingerprint density at radius 2 is 1.76 bits per heavy atom. The van der Waals surface area contributed by atoms with Gasteiger partial charge >= 0.3 is 5.97 Å². The van der Waals surface area contributed by atoms with Gasteiger partial charge in [0, 0.05) is 54.8 Å². The summed E-state index contributed by atoms with van der Waals surface area (Å²) in [7, 11) is 0. The Bertz CT molecular complexity index is 1690. The highest BCUT2D eigenvalue weighted by atomic mass is 32.2. The lowest BCUT2D eigenvalue weighted by atomic mass is 10.1. The number of aromatic amines is 1. The van der Waals surface area contributed by atoms with E-state index in [2.05, 4.69) is 67.9 Å². The van der Waals surface area contributed by atoms with E-state index in [0.29, 0.717) is 43.0 Å². The molecule has 6 rings (SSSR count). The van der Waals surface area contributed by atoms with Gasteiger partial charge in [0.05, 0.1) is 11.4 Å². The van der Waals surface area contributed by atoms with Gasteiger partial charge in [0.2, 0.25) is 5.76 Å². The fraction of sp³-hybridized carbons (Fsp3) is 0.219. The topological polar surface area (TPSA) is 106 Å². The minimum absolute atomic E-state index is 0.0245. The summed E-state index contributed by atoms with van der Waals surface area (Å²) >= 11 is 1.63. The maximum atomic E-state index is 12.8. The minimum atomic E-state index is -1.07. The monoisotopic (exact) mass is 581 g/mol. The number of furan rings is 1. The van der Waals surface area contributed by atoms with Crippen molar-refractivity contribution in [1.82, 2.24) is 15.1 Å². The number of carboxylic acid groups (broad SMARTS) is 1. The molecule has 42 heavy (non-hydrogen) atoms.